The summed E-state index contributed by atoms with van der Waals surface area (Å²) in [6.45, 7) is 0.329. The fraction of sp³-hybridized carbons (Fsp3) is 0.300. The Morgan fingerprint density at radius 3 is 2.56 bits per heavy atom. The van der Waals surface area contributed by atoms with Gasteiger partial charge in [0.1, 0.15) is 0 Å². The Hall–Kier alpha value is -1.31. The summed E-state index contributed by atoms with van der Waals surface area (Å²) in [4.78, 5) is 12.7. The number of amides is 1. The van der Waals surface area contributed by atoms with Crippen LogP contribution < -0.4 is 10.6 Å². The summed E-state index contributed by atoms with van der Waals surface area (Å²) in [7, 11) is -4.30. The van der Waals surface area contributed by atoms with Crippen molar-refractivity contribution in [2.24, 2.45) is 0 Å². The van der Waals surface area contributed by atoms with Crippen LogP contribution in [0.4, 0.5) is 11.4 Å². The van der Waals surface area contributed by atoms with E-state index in [0.717, 1.165) is 6.07 Å². The van der Waals surface area contributed by atoms with Gasteiger partial charge in [-0.15, -0.1) is 11.6 Å². The highest BCUT2D eigenvalue weighted by molar-refractivity contribution is 7.85. The molecule has 1 fully saturated rings. The highest BCUT2D eigenvalue weighted by Crippen LogP contribution is 2.30. The van der Waals surface area contributed by atoms with E-state index in [1.165, 1.54) is 17.0 Å². The van der Waals surface area contributed by atoms with E-state index < -0.39 is 10.1 Å². The number of carbonyl (C=O) groups is 1. The molecule has 1 amide bonds. The lowest BCUT2D eigenvalue weighted by atomic mass is 10.2. The van der Waals surface area contributed by atoms with E-state index in [1.54, 1.807) is 0 Å². The molecule has 98 valence electrons. The topological polar surface area (TPSA) is 101 Å². The molecule has 0 aliphatic carbocycles. The number of nitrogens with zero attached hydrogens (tertiary/aromatic N) is 1. The second-order valence-corrected chi connectivity index (χ2v) is 6.04. The highest BCUT2D eigenvalue weighted by Gasteiger charge is 2.30. The van der Waals surface area contributed by atoms with E-state index >= 15 is 0 Å². The van der Waals surface area contributed by atoms with Gasteiger partial charge in [0.05, 0.1) is 21.6 Å². The number of hydrogen-bond donors (Lipinski definition) is 2. The van der Waals surface area contributed by atoms with Gasteiger partial charge in [-0.05, 0) is 18.2 Å². The molecule has 0 saturated carbocycles. The largest absolute Gasteiger partial charge is 0.397 e. The van der Waals surface area contributed by atoms with Gasteiger partial charge in [-0.2, -0.15) is 8.42 Å². The molecule has 1 atom stereocenters. The van der Waals surface area contributed by atoms with Gasteiger partial charge in [-0.3, -0.25) is 9.35 Å². The first kappa shape index (κ1) is 13.1. The van der Waals surface area contributed by atoms with Crippen LogP contribution in [0.3, 0.4) is 0 Å². The van der Waals surface area contributed by atoms with Gasteiger partial charge >= 0.3 is 0 Å². The Morgan fingerprint density at radius 2 is 2.11 bits per heavy atom. The average Bonchev–Trinajstić information content (AvgIpc) is 2.56. The maximum Gasteiger partial charge on any atom is 0.294 e. The van der Waals surface area contributed by atoms with Gasteiger partial charge in [0.2, 0.25) is 5.91 Å². The monoisotopic (exact) mass is 290 g/mol. The predicted octanol–water partition coefficient (Wildman–Crippen LogP) is 0.860. The molecular formula is C10H11ClN2O4S. The highest BCUT2D eigenvalue weighted by atomic mass is 35.5. The Labute approximate surface area is 109 Å². The molecule has 1 heterocycles. The first-order valence-corrected chi connectivity index (χ1v) is 6.98. The molecule has 0 bridgehead atoms. The van der Waals surface area contributed by atoms with Crippen molar-refractivity contribution in [3.63, 3.8) is 0 Å². The lowest BCUT2D eigenvalue weighted by Gasteiger charge is -2.18. The molecule has 1 aliphatic heterocycles. The summed E-state index contributed by atoms with van der Waals surface area (Å²) >= 11 is 5.87. The lowest BCUT2D eigenvalue weighted by Crippen LogP contribution is -2.25. The van der Waals surface area contributed by atoms with Crippen LogP contribution in [0.25, 0.3) is 0 Å². The van der Waals surface area contributed by atoms with Gasteiger partial charge < -0.3 is 10.6 Å². The minimum atomic E-state index is -4.30. The van der Waals surface area contributed by atoms with Crippen molar-refractivity contribution < 1.29 is 17.8 Å². The van der Waals surface area contributed by atoms with Crippen molar-refractivity contribution in [3.05, 3.63) is 18.2 Å². The zero-order valence-corrected chi connectivity index (χ0v) is 10.8. The number of carbonyl (C=O) groups excluding carboxylic acids is 1. The fourth-order valence-electron chi connectivity index (χ4n) is 1.84. The zero-order chi connectivity index (χ0) is 13.5. The average molecular weight is 291 g/mol. The predicted molar refractivity (Wildman–Crippen MR) is 67.3 cm³/mol. The number of nitrogen functional groups attached to an aromatic ring is 1. The Kier molecular flexibility index (Phi) is 3.22. The third-order valence-corrected chi connectivity index (χ3v) is 3.81. The summed E-state index contributed by atoms with van der Waals surface area (Å²) in [6.07, 6.45) is 0.223. The number of rotatable bonds is 2. The van der Waals surface area contributed by atoms with E-state index in [4.69, 9.17) is 21.9 Å². The number of halogens is 1. The Balaban J connectivity index is 2.40. The molecule has 18 heavy (non-hydrogen) atoms. The van der Waals surface area contributed by atoms with Crippen molar-refractivity contribution in [2.45, 2.75) is 16.7 Å². The minimum Gasteiger partial charge on any atom is -0.397 e. The standard InChI is InChI=1S/C10H11ClN2O4S/c11-6-3-10(14)13(5-6)9-2-1-7(4-8(9)12)18(15,16)17/h1-2,4,6H,3,5,12H2,(H,15,16,17). The van der Waals surface area contributed by atoms with Gasteiger partial charge in [0.25, 0.3) is 10.1 Å². The number of nitrogens with two attached hydrogens (primary N) is 1. The SMILES string of the molecule is Nc1cc(S(=O)(=O)O)ccc1N1CC(Cl)CC1=O. The summed E-state index contributed by atoms with van der Waals surface area (Å²) in [5, 5.41) is -0.279. The second-order valence-electron chi connectivity index (χ2n) is 4.00. The third kappa shape index (κ3) is 2.43. The molecule has 3 N–H and O–H groups in total. The number of anilines is 2. The van der Waals surface area contributed by atoms with Crippen LogP contribution in [0.1, 0.15) is 6.42 Å². The van der Waals surface area contributed by atoms with Crippen molar-refractivity contribution in [1.29, 1.82) is 0 Å². The molecule has 1 aliphatic rings. The number of benzene rings is 1. The zero-order valence-electron chi connectivity index (χ0n) is 9.21. The molecule has 0 spiro atoms. The van der Waals surface area contributed by atoms with E-state index in [0.29, 0.717) is 12.2 Å². The van der Waals surface area contributed by atoms with Crippen molar-refractivity contribution >= 4 is 39.0 Å². The maximum atomic E-state index is 11.6. The Bertz CT molecular complexity index is 602. The second kappa shape index (κ2) is 4.42. The van der Waals surface area contributed by atoms with Crippen LogP contribution >= 0.6 is 11.6 Å². The van der Waals surface area contributed by atoms with Crippen LogP contribution in [0, 0.1) is 0 Å². The molecule has 1 saturated heterocycles. The first-order chi connectivity index (χ1) is 8.29. The van der Waals surface area contributed by atoms with Gasteiger partial charge in [-0.25, -0.2) is 0 Å². The maximum absolute atomic E-state index is 11.6. The fourth-order valence-corrected chi connectivity index (χ4v) is 2.62. The van der Waals surface area contributed by atoms with Crippen LogP contribution in [0.15, 0.2) is 23.1 Å². The Morgan fingerprint density at radius 1 is 1.44 bits per heavy atom. The van der Waals surface area contributed by atoms with Crippen molar-refractivity contribution in [2.75, 3.05) is 17.2 Å². The normalized spacial score (nSPS) is 20.4. The molecule has 2 rings (SSSR count). The van der Waals surface area contributed by atoms with Crippen LogP contribution in [0.2, 0.25) is 0 Å². The van der Waals surface area contributed by atoms with E-state index in [-0.39, 0.29) is 28.3 Å². The van der Waals surface area contributed by atoms with Gasteiger partial charge in [0, 0.05) is 13.0 Å². The molecule has 0 radical (unpaired) electrons. The molecular weight excluding hydrogens is 280 g/mol. The van der Waals surface area contributed by atoms with Gasteiger partial charge in [-0.1, -0.05) is 0 Å². The first-order valence-electron chi connectivity index (χ1n) is 5.10. The van der Waals surface area contributed by atoms with Crippen molar-refractivity contribution in [1.82, 2.24) is 0 Å². The van der Waals surface area contributed by atoms with E-state index in [2.05, 4.69) is 0 Å². The molecule has 8 heteroatoms. The summed E-state index contributed by atoms with van der Waals surface area (Å²) in [5.74, 6) is -0.165. The number of alkyl halides is 1. The van der Waals surface area contributed by atoms with Crippen LogP contribution in [-0.2, 0) is 14.9 Å². The molecule has 1 aromatic rings. The molecule has 1 unspecified atom stereocenters. The lowest BCUT2D eigenvalue weighted by molar-refractivity contribution is -0.117. The van der Waals surface area contributed by atoms with E-state index in [1.807, 2.05) is 0 Å². The van der Waals surface area contributed by atoms with Crippen molar-refractivity contribution in [3.8, 4) is 0 Å². The summed E-state index contributed by atoms with van der Waals surface area (Å²) in [6, 6.07) is 3.68. The summed E-state index contributed by atoms with van der Waals surface area (Å²) in [5.41, 5.74) is 6.19. The van der Waals surface area contributed by atoms with Crippen LogP contribution in [-0.4, -0.2) is 30.8 Å². The van der Waals surface area contributed by atoms with E-state index in [9.17, 15) is 13.2 Å². The molecule has 6 nitrogen and oxygen atoms in total. The smallest absolute Gasteiger partial charge is 0.294 e. The third-order valence-electron chi connectivity index (χ3n) is 2.67. The minimum absolute atomic E-state index is 0.101. The number of hydrogen-bond acceptors (Lipinski definition) is 4. The molecule has 1 aromatic carbocycles. The quantitative estimate of drug-likeness (QED) is 0.478. The van der Waals surface area contributed by atoms with Crippen LogP contribution in [0.5, 0.6) is 0 Å². The molecule has 0 aromatic heterocycles. The van der Waals surface area contributed by atoms with Gasteiger partial charge in [0.15, 0.2) is 0 Å². The summed E-state index contributed by atoms with van der Waals surface area (Å²) < 4.78 is 30.7.